The van der Waals surface area contributed by atoms with Gasteiger partial charge in [0, 0.05) is 19.1 Å². The number of rotatable bonds is 4. The van der Waals surface area contributed by atoms with Crippen molar-refractivity contribution in [2.75, 3.05) is 13.7 Å². The van der Waals surface area contributed by atoms with E-state index in [1.165, 1.54) is 6.08 Å². The van der Waals surface area contributed by atoms with E-state index >= 15 is 0 Å². The predicted molar refractivity (Wildman–Crippen MR) is 54.3 cm³/mol. The molecule has 0 aliphatic carbocycles. The fraction of sp³-hybridized carbons (Fsp3) is 0.636. The molecule has 0 aromatic rings. The van der Waals surface area contributed by atoms with E-state index in [2.05, 4.69) is 18.4 Å². The highest BCUT2D eigenvalue weighted by Crippen LogP contribution is 2.18. The quantitative estimate of drug-likeness (QED) is 0.528. The van der Waals surface area contributed by atoms with E-state index in [1.54, 1.807) is 7.11 Å². The van der Waals surface area contributed by atoms with Crippen LogP contribution in [0.5, 0.6) is 0 Å². The van der Waals surface area contributed by atoms with Crippen molar-refractivity contribution < 1.29 is 9.84 Å². The van der Waals surface area contributed by atoms with Gasteiger partial charge < -0.3 is 9.84 Å². The Morgan fingerprint density at radius 2 is 2.23 bits per heavy atom. The molecule has 13 heavy (non-hydrogen) atoms. The first-order chi connectivity index (χ1) is 6.02. The Morgan fingerprint density at radius 1 is 1.62 bits per heavy atom. The molecule has 74 valence electrons. The lowest BCUT2D eigenvalue weighted by molar-refractivity contribution is 0.170. The molecule has 0 aromatic carbocycles. The normalized spacial score (nSPS) is 12.9. The van der Waals surface area contributed by atoms with Crippen LogP contribution in [0.25, 0.3) is 0 Å². The first kappa shape index (κ1) is 12.2. The Labute approximate surface area is 80.6 Å². The van der Waals surface area contributed by atoms with Crippen molar-refractivity contribution in [3.05, 3.63) is 12.7 Å². The highest BCUT2D eigenvalue weighted by Gasteiger charge is 2.13. The number of hydrogen-bond donors (Lipinski definition) is 1. The summed E-state index contributed by atoms with van der Waals surface area (Å²) in [5.41, 5.74) is -0.111. The maximum absolute atomic E-state index is 9.12. The number of aliphatic hydroxyl groups excluding tert-OH is 1. The van der Waals surface area contributed by atoms with Gasteiger partial charge >= 0.3 is 0 Å². The van der Waals surface area contributed by atoms with Crippen LogP contribution in [0.1, 0.15) is 20.3 Å². The fourth-order valence-electron chi connectivity index (χ4n) is 0.748. The molecule has 1 unspecified atom stereocenters. The molecule has 1 N–H and O–H groups in total. The SMILES string of the molecule is C=CC(O)C#CC(C)(C)CCOC. The predicted octanol–water partition coefficient (Wildman–Crippen LogP) is 1.60. The van der Waals surface area contributed by atoms with Gasteiger partial charge in [-0.2, -0.15) is 0 Å². The average Bonchev–Trinajstić information content (AvgIpc) is 2.11. The second-order valence-corrected chi connectivity index (χ2v) is 3.58. The van der Waals surface area contributed by atoms with E-state index in [9.17, 15) is 0 Å². The lowest BCUT2D eigenvalue weighted by atomic mass is 9.90. The second kappa shape index (κ2) is 5.80. The second-order valence-electron chi connectivity index (χ2n) is 3.58. The Kier molecular flexibility index (Phi) is 5.45. The summed E-state index contributed by atoms with van der Waals surface area (Å²) in [5, 5.41) is 9.12. The van der Waals surface area contributed by atoms with Gasteiger partial charge in [0.25, 0.3) is 0 Å². The van der Waals surface area contributed by atoms with E-state index in [4.69, 9.17) is 9.84 Å². The Morgan fingerprint density at radius 3 is 2.69 bits per heavy atom. The molecule has 0 aliphatic rings. The third-order valence-corrected chi connectivity index (χ3v) is 1.71. The van der Waals surface area contributed by atoms with Gasteiger partial charge in [-0.15, -0.1) is 0 Å². The van der Waals surface area contributed by atoms with E-state index in [-0.39, 0.29) is 5.41 Å². The molecule has 0 spiro atoms. The Balaban J connectivity index is 4.10. The number of aliphatic hydroxyl groups is 1. The van der Waals surface area contributed by atoms with Crippen molar-refractivity contribution in [1.29, 1.82) is 0 Å². The zero-order valence-electron chi connectivity index (χ0n) is 8.63. The summed E-state index contributed by atoms with van der Waals surface area (Å²) in [5.74, 6) is 5.71. The third kappa shape index (κ3) is 6.39. The van der Waals surface area contributed by atoms with E-state index in [1.807, 2.05) is 13.8 Å². The molecule has 2 heteroatoms. The monoisotopic (exact) mass is 182 g/mol. The maximum Gasteiger partial charge on any atom is 0.133 e. The molecule has 0 heterocycles. The molecule has 0 rings (SSSR count). The van der Waals surface area contributed by atoms with Gasteiger partial charge in [0.15, 0.2) is 0 Å². The van der Waals surface area contributed by atoms with Gasteiger partial charge in [0.1, 0.15) is 6.10 Å². The summed E-state index contributed by atoms with van der Waals surface area (Å²) in [4.78, 5) is 0. The summed E-state index contributed by atoms with van der Waals surface area (Å²) >= 11 is 0. The molecule has 0 saturated carbocycles. The lowest BCUT2D eigenvalue weighted by Crippen LogP contribution is -2.12. The third-order valence-electron chi connectivity index (χ3n) is 1.71. The van der Waals surface area contributed by atoms with E-state index in [0.717, 1.165) is 6.42 Å². The van der Waals surface area contributed by atoms with Crippen LogP contribution in [-0.2, 0) is 4.74 Å². The number of hydrogen-bond acceptors (Lipinski definition) is 2. The minimum atomic E-state index is -0.721. The van der Waals surface area contributed by atoms with Gasteiger partial charge in [-0.05, 0) is 20.3 Å². The van der Waals surface area contributed by atoms with Crippen LogP contribution >= 0.6 is 0 Å². The average molecular weight is 182 g/mol. The highest BCUT2D eigenvalue weighted by atomic mass is 16.5. The van der Waals surface area contributed by atoms with Crippen molar-refractivity contribution in [3.8, 4) is 11.8 Å². The van der Waals surface area contributed by atoms with Crippen molar-refractivity contribution in [2.24, 2.45) is 5.41 Å². The van der Waals surface area contributed by atoms with Gasteiger partial charge in [0.05, 0.1) is 0 Å². The summed E-state index contributed by atoms with van der Waals surface area (Å²) < 4.78 is 4.96. The van der Waals surface area contributed by atoms with Crippen LogP contribution in [0.15, 0.2) is 12.7 Å². The van der Waals surface area contributed by atoms with Crippen LogP contribution in [0.2, 0.25) is 0 Å². The van der Waals surface area contributed by atoms with Crippen LogP contribution in [0.4, 0.5) is 0 Å². The van der Waals surface area contributed by atoms with E-state index in [0.29, 0.717) is 6.61 Å². The minimum Gasteiger partial charge on any atom is -0.385 e. The van der Waals surface area contributed by atoms with Gasteiger partial charge in [-0.1, -0.05) is 24.5 Å². The van der Waals surface area contributed by atoms with E-state index < -0.39 is 6.10 Å². The Bertz CT molecular complexity index is 208. The molecule has 0 radical (unpaired) electrons. The number of ether oxygens (including phenoxy) is 1. The molecule has 0 saturated heterocycles. The molecular weight excluding hydrogens is 164 g/mol. The molecule has 0 amide bonds. The first-order valence-corrected chi connectivity index (χ1v) is 4.34. The topological polar surface area (TPSA) is 29.5 Å². The molecule has 0 aromatic heterocycles. The standard InChI is InChI=1S/C11H18O2/c1-5-10(12)6-7-11(2,3)8-9-13-4/h5,10,12H,1,8-9H2,2-4H3. The summed E-state index contributed by atoms with van der Waals surface area (Å²) in [7, 11) is 1.67. The molecule has 0 fully saturated rings. The molecule has 1 atom stereocenters. The van der Waals surface area contributed by atoms with Gasteiger partial charge in [-0.3, -0.25) is 0 Å². The summed E-state index contributed by atoms with van der Waals surface area (Å²) in [6.45, 7) is 8.18. The summed E-state index contributed by atoms with van der Waals surface area (Å²) in [6.07, 6.45) is 1.56. The molecular formula is C11H18O2. The van der Waals surface area contributed by atoms with Crippen molar-refractivity contribution in [1.82, 2.24) is 0 Å². The van der Waals surface area contributed by atoms with Crippen LogP contribution in [0.3, 0.4) is 0 Å². The van der Waals surface area contributed by atoms with Crippen molar-refractivity contribution >= 4 is 0 Å². The highest BCUT2D eigenvalue weighted by molar-refractivity contribution is 5.15. The van der Waals surface area contributed by atoms with Crippen LogP contribution in [-0.4, -0.2) is 24.9 Å². The van der Waals surface area contributed by atoms with Crippen LogP contribution < -0.4 is 0 Å². The lowest BCUT2D eigenvalue weighted by Gasteiger charge is -2.16. The molecule has 0 aliphatic heterocycles. The zero-order chi connectivity index (χ0) is 10.3. The van der Waals surface area contributed by atoms with Gasteiger partial charge in [-0.25, -0.2) is 0 Å². The smallest absolute Gasteiger partial charge is 0.133 e. The van der Waals surface area contributed by atoms with Crippen molar-refractivity contribution in [3.63, 3.8) is 0 Å². The van der Waals surface area contributed by atoms with Gasteiger partial charge in [0.2, 0.25) is 0 Å². The zero-order valence-corrected chi connectivity index (χ0v) is 8.63. The Hall–Kier alpha value is -0.780. The molecule has 0 bridgehead atoms. The van der Waals surface area contributed by atoms with Crippen molar-refractivity contribution in [2.45, 2.75) is 26.4 Å². The maximum atomic E-state index is 9.12. The first-order valence-electron chi connectivity index (χ1n) is 4.34. The van der Waals surface area contributed by atoms with Crippen LogP contribution in [0, 0.1) is 17.3 Å². The largest absolute Gasteiger partial charge is 0.385 e. The minimum absolute atomic E-state index is 0.111. The fourth-order valence-corrected chi connectivity index (χ4v) is 0.748. The summed E-state index contributed by atoms with van der Waals surface area (Å²) in [6, 6.07) is 0. The molecule has 2 nitrogen and oxygen atoms in total. The number of methoxy groups -OCH3 is 1.